The molecule has 2 rings (SSSR count). The summed E-state index contributed by atoms with van der Waals surface area (Å²) in [6.45, 7) is 0. The zero-order chi connectivity index (χ0) is 9.10. The summed E-state index contributed by atoms with van der Waals surface area (Å²) in [4.78, 5) is 12.2. The van der Waals surface area contributed by atoms with Crippen LogP contribution in [-0.2, 0) is 0 Å². The van der Waals surface area contributed by atoms with Gasteiger partial charge >= 0.3 is 0 Å². The standard InChI is InChI=1S/C7H6N4S2/c8-5-3-10-6(11-4-5)13-7-9-1-2-12-7/h1-4H,8H2. The van der Waals surface area contributed by atoms with E-state index in [2.05, 4.69) is 15.0 Å². The molecule has 2 heterocycles. The summed E-state index contributed by atoms with van der Waals surface area (Å²) in [6, 6.07) is 0. The Hall–Kier alpha value is -1.14. The highest BCUT2D eigenvalue weighted by Gasteiger charge is 2.01. The quantitative estimate of drug-likeness (QED) is 0.764. The molecule has 4 nitrogen and oxygen atoms in total. The Kier molecular flexibility index (Phi) is 2.42. The van der Waals surface area contributed by atoms with Crippen LogP contribution in [0.3, 0.4) is 0 Å². The lowest BCUT2D eigenvalue weighted by Crippen LogP contribution is -1.90. The van der Waals surface area contributed by atoms with Crippen LogP contribution in [0.4, 0.5) is 5.69 Å². The molecule has 0 aromatic carbocycles. The van der Waals surface area contributed by atoms with Crippen molar-refractivity contribution in [3.05, 3.63) is 24.0 Å². The van der Waals surface area contributed by atoms with Crippen molar-refractivity contribution in [2.75, 3.05) is 5.73 Å². The van der Waals surface area contributed by atoms with Gasteiger partial charge in [-0.1, -0.05) is 0 Å². The molecule has 6 heteroatoms. The van der Waals surface area contributed by atoms with Gasteiger partial charge < -0.3 is 5.73 Å². The summed E-state index contributed by atoms with van der Waals surface area (Å²) < 4.78 is 0.935. The number of anilines is 1. The minimum absolute atomic E-state index is 0.573. The maximum absolute atomic E-state index is 5.45. The van der Waals surface area contributed by atoms with Crippen molar-refractivity contribution >= 4 is 28.8 Å². The fourth-order valence-corrected chi connectivity index (χ4v) is 2.14. The van der Waals surface area contributed by atoms with E-state index in [1.165, 1.54) is 11.8 Å². The van der Waals surface area contributed by atoms with Gasteiger partial charge in [0.1, 0.15) is 0 Å². The number of hydrogen-bond acceptors (Lipinski definition) is 6. The van der Waals surface area contributed by atoms with Gasteiger partial charge in [0.05, 0.1) is 18.1 Å². The maximum Gasteiger partial charge on any atom is 0.194 e. The van der Waals surface area contributed by atoms with Crippen LogP contribution >= 0.6 is 23.1 Å². The predicted octanol–water partition coefficient (Wildman–Crippen LogP) is 1.67. The Balaban J connectivity index is 2.15. The highest BCUT2D eigenvalue weighted by molar-refractivity contribution is 8.00. The first-order valence-corrected chi connectivity index (χ1v) is 5.19. The SMILES string of the molecule is Nc1cnc(Sc2nccs2)nc1. The molecule has 13 heavy (non-hydrogen) atoms. The van der Waals surface area contributed by atoms with Gasteiger partial charge in [-0.2, -0.15) is 0 Å². The van der Waals surface area contributed by atoms with Crippen molar-refractivity contribution in [1.29, 1.82) is 0 Å². The van der Waals surface area contributed by atoms with Crippen molar-refractivity contribution in [3.8, 4) is 0 Å². The summed E-state index contributed by atoms with van der Waals surface area (Å²) in [7, 11) is 0. The minimum Gasteiger partial charge on any atom is -0.396 e. The van der Waals surface area contributed by atoms with Crippen LogP contribution in [0.5, 0.6) is 0 Å². The van der Waals surface area contributed by atoms with Gasteiger partial charge in [-0.05, 0) is 11.8 Å². The highest BCUT2D eigenvalue weighted by atomic mass is 32.2. The zero-order valence-corrected chi connectivity index (χ0v) is 8.18. The fraction of sp³-hybridized carbons (Fsp3) is 0. The van der Waals surface area contributed by atoms with Crippen LogP contribution in [-0.4, -0.2) is 15.0 Å². The number of nitrogen functional groups attached to an aromatic ring is 1. The first-order chi connectivity index (χ1) is 6.34. The molecular formula is C7H6N4S2. The van der Waals surface area contributed by atoms with E-state index < -0.39 is 0 Å². The smallest absolute Gasteiger partial charge is 0.194 e. The zero-order valence-electron chi connectivity index (χ0n) is 6.54. The Morgan fingerprint density at radius 3 is 2.62 bits per heavy atom. The Morgan fingerprint density at radius 1 is 1.23 bits per heavy atom. The average molecular weight is 210 g/mol. The molecule has 2 aromatic heterocycles. The Labute approximate surface area is 83.3 Å². The number of nitrogens with zero attached hydrogens (tertiary/aromatic N) is 3. The molecule has 0 radical (unpaired) electrons. The summed E-state index contributed by atoms with van der Waals surface area (Å²) in [5, 5.41) is 2.59. The van der Waals surface area contributed by atoms with E-state index in [1.807, 2.05) is 5.38 Å². The number of rotatable bonds is 2. The van der Waals surface area contributed by atoms with Crippen LogP contribution < -0.4 is 5.73 Å². The predicted molar refractivity (Wildman–Crippen MR) is 52.7 cm³/mol. The molecule has 0 unspecified atom stereocenters. The molecule has 0 saturated heterocycles. The van der Waals surface area contributed by atoms with Gasteiger partial charge in [0.15, 0.2) is 9.50 Å². The molecule has 0 amide bonds. The highest BCUT2D eigenvalue weighted by Crippen LogP contribution is 2.25. The third kappa shape index (κ3) is 2.16. The lowest BCUT2D eigenvalue weighted by Gasteiger charge is -1.95. The largest absolute Gasteiger partial charge is 0.396 e. The second-order valence-corrected chi connectivity index (χ2v) is 4.31. The minimum atomic E-state index is 0.573. The van der Waals surface area contributed by atoms with Crippen molar-refractivity contribution in [2.45, 2.75) is 9.50 Å². The van der Waals surface area contributed by atoms with Crippen molar-refractivity contribution < 1.29 is 0 Å². The first-order valence-electron chi connectivity index (χ1n) is 3.49. The van der Waals surface area contributed by atoms with Gasteiger partial charge in [0.25, 0.3) is 0 Å². The van der Waals surface area contributed by atoms with Gasteiger partial charge in [-0.15, -0.1) is 11.3 Å². The summed E-state index contributed by atoms with van der Waals surface area (Å²) >= 11 is 3.00. The molecule has 0 atom stereocenters. The van der Waals surface area contributed by atoms with E-state index in [9.17, 15) is 0 Å². The van der Waals surface area contributed by atoms with Gasteiger partial charge in [0, 0.05) is 11.6 Å². The normalized spacial score (nSPS) is 10.2. The monoisotopic (exact) mass is 210 g/mol. The molecule has 2 aromatic rings. The fourth-order valence-electron chi connectivity index (χ4n) is 0.718. The first kappa shape index (κ1) is 8.46. The third-order valence-electron chi connectivity index (χ3n) is 1.24. The molecule has 0 spiro atoms. The molecule has 0 aliphatic rings. The lowest BCUT2D eigenvalue weighted by molar-refractivity contribution is 0.969. The van der Waals surface area contributed by atoms with Crippen LogP contribution in [0.1, 0.15) is 0 Å². The third-order valence-corrected chi connectivity index (χ3v) is 3.01. The molecule has 66 valence electrons. The van der Waals surface area contributed by atoms with E-state index in [0.717, 1.165) is 4.34 Å². The van der Waals surface area contributed by atoms with Gasteiger partial charge in [-0.3, -0.25) is 0 Å². The maximum atomic E-state index is 5.45. The second kappa shape index (κ2) is 3.71. The van der Waals surface area contributed by atoms with Crippen LogP contribution in [0.2, 0.25) is 0 Å². The van der Waals surface area contributed by atoms with Crippen LogP contribution in [0.25, 0.3) is 0 Å². The topological polar surface area (TPSA) is 64.7 Å². The van der Waals surface area contributed by atoms with Crippen molar-refractivity contribution in [1.82, 2.24) is 15.0 Å². The molecule has 0 aliphatic heterocycles. The summed E-state index contributed by atoms with van der Waals surface area (Å²) in [5.74, 6) is 0. The molecule has 0 aliphatic carbocycles. The molecule has 0 fully saturated rings. The van der Waals surface area contributed by atoms with Crippen molar-refractivity contribution in [3.63, 3.8) is 0 Å². The number of thiazole rings is 1. The second-order valence-electron chi connectivity index (χ2n) is 2.20. The van der Waals surface area contributed by atoms with E-state index >= 15 is 0 Å². The van der Waals surface area contributed by atoms with E-state index in [1.54, 1.807) is 29.9 Å². The van der Waals surface area contributed by atoms with E-state index in [4.69, 9.17) is 5.73 Å². The molecule has 0 saturated carbocycles. The number of hydrogen-bond donors (Lipinski definition) is 1. The van der Waals surface area contributed by atoms with Crippen molar-refractivity contribution in [2.24, 2.45) is 0 Å². The summed E-state index contributed by atoms with van der Waals surface area (Å²) in [5.41, 5.74) is 6.03. The molecular weight excluding hydrogens is 204 g/mol. The van der Waals surface area contributed by atoms with Crippen LogP contribution in [0, 0.1) is 0 Å². The van der Waals surface area contributed by atoms with Gasteiger partial charge in [-0.25, -0.2) is 15.0 Å². The Bertz CT molecular complexity index is 370. The molecule has 2 N–H and O–H groups in total. The van der Waals surface area contributed by atoms with E-state index in [0.29, 0.717) is 10.8 Å². The lowest BCUT2D eigenvalue weighted by atomic mass is 10.6. The number of nitrogens with two attached hydrogens (primary N) is 1. The van der Waals surface area contributed by atoms with Gasteiger partial charge in [0.2, 0.25) is 0 Å². The Morgan fingerprint density at radius 2 is 2.00 bits per heavy atom. The average Bonchev–Trinajstić information content (AvgIpc) is 2.62. The van der Waals surface area contributed by atoms with Crippen LogP contribution in [0.15, 0.2) is 33.5 Å². The summed E-state index contributed by atoms with van der Waals surface area (Å²) in [6.07, 6.45) is 4.93. The molecule has 0 bridgehead atoms. The van der Waals surface area contributed by atoms with E-state index in [-0.39, 0.29) is 0 Å². The number of aromatic nitrogens is 3.